The van der Waals surface area contributed by atoms with Gasteiger partial charge in [-0.2, -0.15) is 0 Å². The molecule has 0 fully saturated rings. The van der Waals surface area contributed by atoms with Crippen LogP contribution < -0.4 is 0 Å². The van der Waals surface area contributed by atoms with Crippen molar-refractivity contribution in [3.8, 4) is 50.2 Å². The van der Waals surface area contributed by atoms with Crippen LogP contribution in [0, 0.1) is 13.8 Å². The van der Waals surface area contributed by atoms with Crippen LogP contribution >= 0.6 is 0 Å². The van der Waals surface area contributed by atoms with E-state index >= 15 is 0 Å². The Morgan fingerprint density at radius 3 is 1.31 bits per heavy atom. The Kier molecular flexibility index (Phi) is 10.0. The van der Waals surface area contributed by atoms with Crippen LogP contribution in [0.5, 0.6) is 0 Å². The molecular formula is C53H45N. The fraction of sp³-hybridized carbons (Fsp3) is 0.0943. The summed E-state index contributed by atoms with van der Waals surface area (Å²) in [6, 6.07) is 70.0. The van der Waals surface area contributed by atoms with E-state index in [1.54, 1.807) is 0 Å². The molecule has 0 saturated carbocycles. The maximum absolute atomic E-state index is 2.39. The van der Waals surface area contributed by atoms with Gasteiger partial charge in [-0.1, -0.05) is 183 Å². The number of fused-ring (bicyclic) bond motifs is 3. The van der Waals surface area contributed by atoms with E-state index in [1.165, 1.54) is 88.7 Å². The van der Waals surface area contributed by atoms with E-state index in [0.29, 0.717) is 0 Å². The van der Waals surface area contributed by atoms with Crippen LogP contribution in [-0.4, -0.2) is 4.57 Å². The minimum absolute atomic E-state index is 1.10. The average Bonchev–Trinajstić information content (AvgIpc) is 3.56. The van der Waals surface area contributed by atoms with E-state index < -0.39 is 0 Å². The number of nitrogens with zero attached hydrogens (tertiary/aromatic N) is 1. The highest BCUT2D eigenvalue weighted by atomic mass is 15.0. The molecule has 0 saturated heterocycles. The Bertz CT molecular complexity index is 2610. The summed E-state index contributed by atoms with van der Waals surface area (Å²) >= 11 is 0. The third-order valence-electron chi connectivity index (χ3n) is 10.5. The van der Waals surface area contributed by atoms with Gasteiger partial charge in [-0.05, 0) is 106 Å². The highest BCUT2D eigenvalue weighted by Crippen LogP contribution is 2.40. The van der Waals surface area contributed by atoms with Crippen LogP contribution in [0.4, 0.5) is 0 Å². The molecule has 0 aliphatic carbocycles. The molecule has 1 heterocycles. The summed E-state index contributed by atoms with van der Waals surface area (Å²) in [5.74, 6) is 0. The van der Waals surface area contributed by atoms with Crippen molar-refractivity contribution < 1.29 is 0 Å². The fourth-order valence-corrected chi connectivity index (χ4v) is 7.89. The Morgan fingerprint density at radius 1 is 0.370 bits per heavy atom. The standard InChI is InChI=1S/C39H31N.C14H14/c1-2-13-28-14-11-15-29(26-28)32-18-3-5-20-34(32)35-21-6-4-19-33(35)30-16-12-17-31(27-30)40-38-24-9-7-22-36(38)37-23-8-10-25-39(37)40;1-11-7-3-5-9-13(11)14-10-6-4-8-12(14)2/h3-12,14-27H,2,13H2,1H3;3-10H,1-2H3. The summed E-state index contributed by atoms with van der Waals surface area (Å²) < 4.78 is 2.39. The van der Waals surface area contributed by atoms with E-state index in [4.69, 9.17) is 0 Å². The molecule has 0 atom stereocenters. The van der Waals surface area contributed by atoms with E-state index in [2.05, 4.69) is 219 Å². The molecule has 9 aromatic rings. The predicted octanol–water partition coefficient (Wildman–Crippen LogP) is 14.7. The van der Waals surface area contributed by atoms with Crippen LogP contribution in [-0.2, 0) is 6.42 Å². The summed E-state index contributed by atoms with van der Waals surface area (Å²) in [5.41, 5.74) is 17.9. The first-order chi connectivity index (χ1) is 26.6. The number of rotatable bonds is 7. The number of aryl methyl sites for hydroxylation is 3. The topological polar surface area (TPSA) is 4.93 Å². The lowest BCUT2D eigenvalue weighted by Gasteiger charge is -2.16. The maximum Gasteiger partial charge on any atom is 0.0541 e. The Balaban J connectivity index is 0.000000248. The number of hydrogen-bond acceptors (Lipinski definition) is 0. The first-order valence-electron chi connectivity index (χ1n) is 19.1. The normalized spacial score (nSPS) is 11.0. The molecule has 0 aliphatic rings. The van der Waals surface area contributed by atoms with Gasteiger partial charge in [-0.3, -0.25) is 0 Å². The summed E-state index contributed by atoms with van der Waals surface area (Å²) in [7, 11) is 0. The van der Waals surface area contributed by atoms with Crippen molar-refractivity contribution in [2.75, 3.05) is 0 Å². The lowest BCUT2D eigenvalue weighted by atomic mass is 9.89. The maximum atomic E-state index is 2.39. The van der Waals surface area contributed by atoms with Crippen LogP contribution in [0.3, 0.4) is 0 Å². The number of aromatic nitrogens is 1. The minimum atomic E-state index is 1.10. The van der Waals surface area contributed by atoms with Gasteiger partial charge in [0, 0.05) is 16.5 Å². The third kappa shape index (κ3) is 6.89. The molecule has 8 aromatic carbocycles. The van der Waals surface area contributed by atoms with Crippen LogP contribution in [0.15, 0.2) is 194 Å². The van der Waals surface area contributed by atoms with E-state index in [1.807, 2.05) is 0 Å². The quantitative estimate of drug-likeness (QED) is 0.156. The van der Waals surface area contributed by atoms with Crippen molar-refractivity contribution in [2.24, 2.45) is 0 Å². The van der Waals surface area contributed by atoms with Crippen molar-refractivity contribution in [1.82, 2.24) is 4.57 Å². The van der Waals surface area contributed by atoms with E-state index in [-0.39, 0.29) is 0 Å². The number of benzene rings is 8. The van der Waals surface area contributed by atoms with Crippen molar-refractivity contribution >= 4 is 21.8 Å². The fourth-order valence-electron chi connectivity index (χ4n) is 7.89. The Morgan fingerprint density at radius 2 is 0.796 bits per heavy atom. The lowest BCUT2D eigenvalue weighted by Crippen LogP contribution is -1.95. The molecule has 0 amide bonds. The zero-order valence-corrected chi connectivity index (χ0v) is 31.3. The van der Waals surface area contributed by atoms with Crippen molar-refractivity contribution in [3.63, 3.8) is 0 Å². The lowest BCUT2D eigenvalue weighted by molar-refractivity contribution is 0.922. The summed E-state index contributed by atoms with van der Waals surface area (Å²) in [5, 5.41) is 2.56. The third-order valence-corrected chi connectivity index (χ3v) is 10.5. The monoisotopic (exact) mass is 695 g/mol. The summed E-state index contributed by atoms with van der Waals surface area (Å²) in [6.07, 6.45) is 2.25. The molecule has 0 spiro atoms. The van der Waals surface area contributed by atoms with Gasteiger partial charge >= 0.3 is 0 Å². The van der Waals surface area contributed by atoms with Crippen molar-refractivity contribution in [2.45, 2.75) is 33.6 Å². The molecule has 1 nitrogen and oxygen atoms in total. The summed E-state index contributed by atoms with van der Waals surface area (Å²) in [6.45, 7) is 6.55. The highest BCUT2D eigenvalue weighted by Gasteiger charge is 2.15. The second kappa shape index (κ2) is 15.7. The molecule has 1 aromatic heterocycles. The molecule has 0 bridgehead atoms. The van der Waals surface area contributed by atoms with Crippen LogP contribution in [0.1, 0.15) is 30.0 Å². The Hall–Kier alpha value is -6.44. The molecule has 9 rings (SSSR count). The average molecular weight is 696 g/mol. The molecule has 262 valence electrons. The minimum Gasteiger partial charge on any atom is -0.309 e. The van der Waals surface area contributed by atoms with E-state index in [0.717, 1.165) is 12.8 Å². The van der Waals surface area contributed by atoms with Crippen molar-refractivity contribution in [1.29, 1.82) is 0 Å². The molecular weight excluding hydrogens is 651 g/mol. The van der Waals surface area contributed by atoms with Gasteiger partial charge in [0.05, 0.1) is 11.0 Å². The smallest absolute Gasteiger partial charge is 0.0541 e. The second-order valence-corrected chi connectivity index (χ2v) is 14.1. The van der Waals surface area contributed by atoms with Gasteiger partial charge in [0.25, 0.3) is 0 Å². The number of para-hydroxylation sites is 2. The largest absolute Gasteiger partial charge is 0.309 e. The molecule has 0 N–H and O–H groups in total. The van der Waals surface area contributed by atoms with Crippen LogP contribution in [0.25, 0.3) is 72.0 Å². The second-order valence-electron chi connectivity index (χ2n) is 14.1. The molecule has 1 heteroatoms. The highest BCUT2D eigenvalue weighted by molar-refractivity contribution is 6.09. The van der Waals surface area contributed by atoms with Gasteiger partial charge < -0.3 is 4.57 Å². The predicted molar refractivity (Wildman–Crippen MR) is 232 cm³/mol. The SMILES string of the molecule is CCCc1cccc(-c2ccccc2-c2ccccc2-c2cccc(-n3c4ccccc4c4ccccc43)c2)c1.Cc1ccccc1-c1ccccc1C. The van der Waals surface area contributed by atoms with Gasteiger partial charge in [0.15, 0.2) is 0 Å². The van der Waals surface area contributed by atoms with E-state index in [9.17, 15) is 0 Å². The first kappa shape index (κ1) is 34.6. The molecule has 0 radical (unpaired) electrons. The first-order valence-corrected chi connectivity index (χ1v) is 19.1. The zero-order valence-electron chi connectivity index (χ0n) is 31.3. The zero-order chi connectivity index (χ0) is 36.9. The summed E-state index contributed by atoms with van der Waals surface area (Å²) in [4.78, 5) is 0. The Labute approximate surface area is 319 Å². The molecule has 0 unspecified atom stereocenters. The van der Waals surface area contributed by atoms with Gasteiger partial charge in [-0.25, -0.2) is 0 Å². The van der Waals surface area contributed by atoms with Gasteiger partial charge in [0.2, 0.25) is 0 Å². The van der Waals surface area contributed by atoms with Gasteiger partial charge in [0.1, 0.15) is 0 Å². The van der Waals surface area contributed by atoms with Gasteiger partial charge in [-0.15, -0.1) is 0 Å². The molecule has 54 heavy (non-hydrogen) atoms. The number of hydrogen-bond donors (Lipinski definition) is 0. The van der Waals surface area contributed by atoms with Crippen LogP contribution in [0.2, 0.25) is 0 Å². The molecule has 0 aliphatic heterocycles. The van der Waals surface area contributed by atoms with Crippen molar-refractivity contribution in [3.05, 3.63) is 211 Å².